The summed E-state index contributed by atoms with van der Waals surface area (Å²) in [5, 5.41) is 10.6. The first kappa shape index (κ1) is 15.4. The van der Waals surface area contributed by atoms with Crippen molar-refractivity contribution >= 4 is 17.6 Å². The minimum atomic E-state index is -3.06. The monoisotopic (exact) mass is 287 g/mol. The number of nitrogens with one attached hydrogen (secondary N) is 1. The Bertz CT molecular complexity index is 531. The Balaban J connectivity index is 2.95. The summed E-state index contributed by atoms with van der Waals surface area (Å²) in [7, 11) is 1.36. The second-order valence-electron chi connectivity index (χ2n) is 3.40. The van der Waals surface area contributed by atoms with Crippen LogP contribution in [0.2, 0.25) is 0 Å². The number of aliphatic carboxylic acids is 1. The third-order valence-corrected chi connectivity index (χ3v) is 2.04. The molecule has 0 aliphatic rings. The number of rotatable bonds is 6. The van der Waals surface area contributed by atoms with Crippen molar-refractivity contribution in [3.63, 3.8) is 0 Å². The number of ether oxygens (including phenoxy) is 2. The number of hydrogen-bond acceptors (Lipinski definition) is 4. The van der Waals surface area contributed by atoms with E-state index >= 15 is 0 Å². The summed E-state index contributed by atoms with van der Waals surface area (Å²) in [4.78, 5) is 21.7. The van der Waals surface area contributed by atoms with E-state index in [9.17, 15) is 18.4 Å². The zero-order chi connectivity index (χ0) is 15.1. The zero-order valence-corrected chi connectivity index (χ0v) is 10.3. The number of hydrogen-bond donors (Lipinski definition) is 2. The third-order valence-electron chi connectivity index (χ3n) is 2.04. The largest absolute Gasteiger partial charge is 0.497 e. The van der Waals surface area contributed by atoms with Crippen molar-refractivity contribution in [2.75, 3.05) is 12.4 Å². The minimum Gasteiger partial charge on any atom is -0.497 e. The van der Waals surface area contributed by atoms with Crippen LogP contribution in [0.25, 0.3) is 0 Å². The molecule has 1 aromatic rings. The molecule has 0 aliphatic heterocycles. The SMILES string of the molecule is COc1ccc(OC(F)F)c(NC(=O)/C=C/C(=O)O)c1. The molecule has 0 saturated carbocycles. The number of carboxylic acid groups (broad SMARTS) is 1. The van der Waals surface area contributed by atoms with E-state index in [1.807, 2.05) is 0 Å². The van der Waals surface area contributed by atoms with Crippen LogP contribution in [0.5, 0.6) is 11.5 Å². The molecule has 0 fully saturated rings. The molecule has 8 heteroatoms. The third kappa shape index (κ3) is 4.92. The Morgan fingerprint density at radius 2 is 2.05 bits per heavy atom. The van der Waals surface area contributed by atoms with Gasteiger partial charge < -0.3 is 19.9 Å². The molecule has 1 aromatic carbocycles. The van der Waals surface area contributed by atoms with E-state index in [1.165, 1.54) is 25.3 Å². The molecule has 6 nitrogen and oxygen atoms in total. The number of carbonyl (C=O) groups is 2. The van der Waals surface area contributed by atoms with Crippen LogP contribution in [0.4, 0.5) is 14.5 Å². The highest BCUT2D eigenvalue weighted by Crippen LogP contribution is 2.30. The zero-order valence-electron chi connectivity index (χ0n) is 10.3. The maximum absolute atomic E-state index is 12.2. The lowest BCUT2D eigenvalue weighted by atomic mass is 10.2. The van der Waals surface area contributed by atoms with Crippen molar-refractivity contribution in [1.82, 2.24) is 0 Å². The van der Waals surface area contributed by atoms with Crippen LogP contribution in [-0.4, -0.2) is 30.7 Å². The van der Waals surface area contributed by atoms with Gasteiger partial charge in [0.2, 0.25) is 5.91 Å². The Hall–Kier alpha value is -2.64. The van der Waals surface area contributed by atoms with Crippen molar-refractivity contribution in [3.05, 3.63) is 30.4 Å². The van der Waals surface area contributed by atoms with E-state index < -0.39 is 18.5 Å². The molecule has 20 heavy (non-hydrogen) atoms. The molecular formula is C12H11F2NO5. The number of anilines is 1. The number of methoxy groups -OCH3 is 1. The van der Waals surface area contributed by atoms with Crippen LogP contribution >= 0.6 is 0 Å². The standard InChI is InChI=1S/C12H11F2NO5/c1-19-7-2-3-9(20-12(13)14)8(6-7)15-10(16)4-5-11(17)18/h2-6,12H,1H3,(H,15,16)(H,17,18)/b5-4+. The lowest BCUT2D eigenvalue weighted by Crippen LogP contribution is -2.12. The van der Waals surface area contributed by atoms with Crippen LogP contribution in [-0.2, 0) is 9.59 Å². The summed E-state index contributed by atoms with van der Waals surface area (Å²) >= 11 is 0. The first-order chi connectivity index (χ1) is 9.42. The molecule has 0 heterocycles. The quantitative estimate of drug-likeness (QED) is 0.780. The van der Waals surface area contributed by atoms with E-state index in [-0.39, 0.29) is 11.4 Å². The average Bonchev–Trinajstić information content (AvgIpc) is 2.38. The Labute approximate surface area is 112 Å². The molecule has 0 spiro atoms. The van der Waals surface area contributed by atoms with Gasteiger partial charge in [-0.2, -0.15) is 8.78 Å². The second-order valence-corrected chi connectivity index (χ2v) is 3.40. The van der Waals surface area contributed by atoms with Gasteiger partial charge in [-0.15, -0.1) is 0 Å². The van der Waals surface area contributed by atoms with Gasteiger partial charge in [0.1, 0.15) is 11.5 Å². The smallest absolute Gasteiger partial charge is 0.387 e. The molecule has 0 unspecified atom stereocenters. The van der Waals surface area contributed by atoms with Crippen LogP contribution in [0, 0.1) is 0 Å². The number of carboxylic acids is 1. The van der Waals surface area contributed by atoms with Gasteiger partial charge in [-0.3, -0.25) is 4.79 Å². The average molecular weight is 287 g/mol. The number of benzene rings is 1. The fourth-order valence-corrected chi connectivity index (χ4v) is 1.25. The van der Waals surface area contributed by atoms with Gasteiger partial charge in [-0.1, -0.05) is 0 Å². The Morgan fingerprint density at radius 1 is 1.35 bits per heavy atom. The van der Waals surface area contributed by atoms with Crippen molar-refractivity contribution in [3.8, 4) is 11.5 Å². The fraction of sp³-hybridized carbons (Fsp3) is 0.167. The Kier molecular flexibility index (Phi) is 5.45. The number of carbonyl (C=O) groups excluding carboxylic acids is 1. The van der Waals surface area contributed by atoms with Crippen molar-refractivity contribution in [1.29, 1.82) is 0 Å². The van der Waals surface area contributed by atoms with Gasteiger partial charge in [0.25, 0.3) is 0 Å². The predicted molar refractivity (Wildman–Crippen MR) is 65.0 cm³/mol. The molecule has 0 aliphatic carbocycles. The minimum absolute atomic E-state index is 0.0651. The molecule has 0 radical (unpaired) electrons. The van der Waals surface area contributed by atoms with Gasteiger partial charge in [-0.05, 0) is 12.1 Å². The first-order valence-corrected chi connectivity index (χ1v) is 5.27. The topological polar surface area (TPSA) is 84.9 Å². The van der Waals surface area contributed by atoms with Crippen LogP contribution in [0.15, 0.2) is 30.4 Å². The molecule has 0 bridgehead atoms. The van der Waals surface area contributed by atoms with Gasteiger partial charge in [0, 0.05) is 18.2 Å². The molecule has 0 saturated heterocycles. The van der Waals surface area contributed by atoms with Gasteiger partial charge in [0.15, 0.2) is 0 Å². The maximum atomic E-state index is 12.2. The molecule has 1 rings (SSSR count). The maximum Gasteiger partial charge on any atom is 0.387 e. The Morgan fingerprint density at radius 3 is 2.60 bits per heavy atom. The number of amides is 1. The highest BCUT2D eigenvalue weighted by molar-refractivity contribution is 6.03. The molecule has 0 atom stereocenters. The van der Waals surface area contributed by atoms with Crippen LogP contribution < -0.4 is 14.8 Å². The second kappa shape index (κ2) is 7.07. The summed E-state index contributed by atoms with van der Waals surface area (Å²) in [5.41, 5.74) is -0.0651. The van der Waals surface area contributed by atoms with E-state index in [0.717, 1.165) is 6.08 Å². The van der Waals surface area contributed by atoms with E-state index in [1.54, 1.807) is 0 Å². The predicted octanol–water partition coefficient (Wildman–Crippen LogP) is 1.88. The number of alkyl halides is 2. The van der Waals surface area contributed by atoms with Crippen molar-refractivity contribution in [2.24, 2.45) is 0 Å². The lowest BCUT2D eigenvalue weighted by molar-refractivity contribution is -0.131. The summed E-state index contributed by atoms with van der Waals surface area (Å²) < 4.78 is 33.5. The first-order valence-electron chi connectivity index (χ1n) is 5.27. The highest BCUT2D eigenvalue weighted by atomic mass is 19.3. The lowest BCUT2D eigenvalue weighted by Gasteiger charge is -2.12. The van der Waals surface area contributed by atoms with Gasteiger partial charge in [0.05, 0.1) is 12.8 Å². The molecular weight excluding hydrogens is 276 g/mol. The van der Waals surface area contributed by atoms with Gasteiger partial charge in [-0.25, -0.2) is 4.79 Å². The molecule has 108 valence electrons. The summed E-state index contributed by atoms with van der Waals surface area (Å²) in [6.07, 6.45) is 1.36. The van der Waals surface area contributed by atoms with Crippen LogP contribution in [0.3, 0.4) is 0 Å². The molecule has 1 amide bonds. The van der Waals surface area contributed by atoms with Crippen LogP contribution in [0.1, 0.15) is 0 Å². The van der Waals surface area contributed by atoms with E-state index in [2.05, 4.69) is 10.1 Å². The summed E-state index contributed by atoms with van der Waals surface area (Å²) in [5.74, 6) is -2.07. The van der Waals surface area contributed by atoms with E-state index in [0.29, 0.717) is 11.8 Å². The summed E-state index contributed by atoms with van der Waals surface area (Å²) in [6.45, 7) is -3.06. The fourth-order valence-electron chi connectivity index (χ4n) is 1.25. The highest BCUT2D eigenvalue weighted by Gasteiger charge is 2.12. The van der Waals surface area contributed by atoms with Gasteiger partial charge >= 0.3 is 12.6 Å². The summed E-state index contributed by atoms with van der Waals surface area (Å²) in [6, 6.07) is 3.84. The molecule has 0 aromatic heterocycles. The normalized spacial score (nSPS) is 10.6. The van der Waals surface area contributed by atoms with E-state index in [4.69, 9.17) is 9.84 Å². The number of halogens is 2. The van der Waals surface area contributed by atoms with Crippen molar-refractivity contribution < 1.29 is 33.0 Å². The molecule has 2 N–H and O–H groups in total. The van der Waals surface area contributed by atoms with Crippen molar-refractivity contribution in [2.45, 2.75) is 6.61 Å².